The third-order valence-corrected chi connectivity index (χ3v) is 7.56. The van der Waals surface area contributed by atoms with Crippen LogP contribution in [-0.2, 0) is 19.1 Å². The molecule has 33 heavy (non-hydrogen) atoms. The number of nitrogens with zero attached hydrogens (tertiary/aromatic N) is 1. The second-order valence-electron chi connectivity index (χ2n) is 9.48. The van der Waals surface area contributed by atoms with Gasteiger partial charge in [-0.25, -0.2) is 0 Å². The highest BCUT2D eigenvalue weighted by Gasteiger charge is 2.61. The van der Waals surface area contributed by atoms with Crippen LogP contribution in [0.1, 0.15) is 79.5 Å². The molecule has 2 atom stereocenters. The number of unbranched alkanes of at least 4 members (excludes halogenated alkanes) is 3. The van der Waals surface area contributed by atoms with E-state index in [1.807, 2.05) is 24.3 Å². The van der Waals surface area contributed by atoms with Crippen molar-refractivity contribution in [1.29, 1.82) is 0 Å². The second-order valence-corrected chi connectivity index (χ2v) is 9.48. The molecule has 4 aliphatic rings. The van der Waals surface area contributed by atoms with Crippen molar-refractivity contribution in [3.05, 3.63) is 70.8 Å². The number of esters is 1. The zero-order chi connectivity index (χ0) is 22.9. The summed E-state index contributed by atoms with van der Waals surface area (Å²) in [5.41, 5.74) is 4.80. The lowest BCUT2D eigenvalue weighted by molar-refractivity contribution is -0.144. The molecular formula is C28H31NO4. The lowest BCUT2D eigenvalue weighted by Crippen LogP contribution is -2.41. The average Bonchev–Trinajstić information content (AvgIpc) is 3.09. The fraction of sp³-hybridized carbons (Fsp3) is 0.464. The maximum absolute atomic E-state index is 13.5. The molecule has 0 aromatic heterocycles. The van der Waals surface area contributed by atoms with Crippen molar-refractivity contribution in [2.75, 3.05) is 13.2 Å². The number of rotatable bonds is 9. The third-order valence-electron chi connectivity index (χ3n) is 7.56. The molecule has 2 unspecified atom stereocenters. The molecule has 0 spiro atoms. The zero-order valence-corrected chi connectivity index (χ0v) is 19.2. The number of imide groups is 1. The SMILES string of the molecule is CCCCOC(=O)CCCCCN1C(=O)C2C3c4ccccc4C(c4ccccc43)C2C1=O. The highest BCUT2D eigenvalue weighted by molar-refractivity contribution is 6.07. The summed E-state index contributed by atoms with van der Waals surface area (Å²) in [6.45, 7) is 2.98. The summed E-state index contributed by atoms with van der Waals surface area (Å²) in [5, 5.41) is 0. The van der Waals surface area contributed by atoms with Crippen molar-refractivity contribution in [1.82, 2.24) is 4.90 Å². The summed E-state index contributed by atoms with van der Waals surface area (Å²) in [4.78, 5) is 40.3. The van der Waals surface area contributed by atoms with Crippen molar-refractivity contribution in [3.63, 3.8) is 0 Å². The first-order valence-corrected chi connectivity index (χ1v) is 12.3. The quantitative estimate of drug-likeness (QED) is 0.317. The molecule has 1 heterocycles. The lowest BCUT2D eigenvalue weighted by atomic mass is 9.55. The fourth-order valence-corrected chi connectivity index (χ4v) is 6.08. The molecule has 5 nitrogen and oxygen atoms in total. The van der Waals surface area contributed by atoms with Crippen LogP contribution in [0, 0.1) is 11.8 Å². The Hall–Kier alpha value is -2.95. The molecule has 2 bridgehead atoms. The molecule has 6 rings (SSSR count). The van der Waals surface area contributed by atoms with Gasteiger partial charge in [-0.3, -0.25) is 19.3 Å². The van der Waals surface area contributed by atoms with Crippen LogP contribution in [0.25, 0.3) is 0 Å². The van der Waals surface area contributed by atoms with E-state index in [4.69, 9.17) is 4.74 Å². The van der Waals surface area contributed by atoms with Crippen LogP contribution in [-0.4, -0.2) is 35.8 Å². The van der Waals surface area contributed by atoms with E-state index in [-0.39, 0.29) is 41.5 Å². The maximum atomic E-state index is 13.5. The summed E-state index contributed by atoms with van der Waals surface area (Å²) in [6.07, 6.45) is 4.52. The van der Waals surface area contributed by atoms with Gasteiger partial charge in [-0.1, -0.05) is 68.3 Å². The normalized spacial score (nSPS) is 24.5. The molecule has 5 heteroatoms. The Labute approximate surface area is 195 Å². The Morgan fingerprint density at radius 3 is 1.79 bits per heavy atom. The highest BCUT2D eigenvalue weighted by Crippen LogP contribution is 2.60. The van der Waals surface area contributed by atoms with Gasteiger partial charge in [0.25, 0.3) is 0 Å². The van der Waals surface area contributed by atoms with Gasteiger partial charge in [0.2, 0.25) is 11.8 Å². The number of hydrogen-bond donors (Lipinski definition) is 0. The summed E-state index contributed by atoms with van der Waals surface area (Å²) >= 11 is 0. The number of benzene rings is 2. The van der Waals surface area contributed by atoms with E-state index in [1.165, 1.54) is 27.2 Å². The Morgan fingerprint density at radius 1 is 0.788 bits per heavy atom. The van der Waals surface area contributed by atoms with Crippen molar-refractivity contribution in [2.45, 2.75) is 57.3 Å². The molecule has 0 saturated carbocycles. The van der Waals surface area contributed by atoms with Crippen LogP contribution in [0.4, 0.5) is 0 Å². The Kier molecular flexibility index (Phi) is 6.05. The van der Waals surface area contributed by atoms with E-state index in [2.05, 4.69) is 31.2 Å². The van der Waals surface area contributed by atoms with Gasteiger partial charge >= 0.3 is 5.97 Å². The van der Waals surface area contributed by atoms with Gasteiger partial charge in [0.1, 0.15) is 0 Å². The topological polar surface area (TPSA) is 63.7 Å². The van der Waals surface area contributed by atoms with E-state index in [0.717, 1.165) is 25.7 Å². The van der Waals surface area contributed by atoms with E-state index in [9.17, 15) is 14.4 Å². The van der Waals surface area contributed by atoms with Crippen molar-refractivity contribution in [2.24, 2.45) is 11.8 Å². The molecule has 0 radical (unpaired) electrons. The molecule has 1 saturated heterocycles. The van der Waals surface area contributed by atoms with Gasteiger partial charge in [0.15, 0.2) is 0 Å². The first-order valence-electron chi connectivity index (χ1n) is 12.3. The number of amides is 2. The van der Waals surface area contributed by atoms with E-state index < -0.39 is 0 Å². The Morgan fingerprint density at radius 2 is 1.30 bits per heavy atom. The van der Waals surface area contributed by atoms with Crippen LogP contribution < -0.4 is 0 Å². The molecular weight excluding hydrogens is 414 g/mol. The number of hydrogen-bond acceptors (Lipinski definition) is 4. The van der Waals surface area contributed by atoms with Gasteiger partial charge in [0.05, 0.1) is 18.4 Å². The zero-order valence-electron chi connectivity index (χ0n) is 19.2. The van der Waals surface area contributed by atoms with Crippen molar-refractivity contribution >= 4 is 17.8 Å². The van der Waals surface area contributed by atoms with E-state index in [0.29, 0.717) is 26.0 Å². The van der Waals surface area contributed by atoms with Gasteiger partial charge < -0.3 is 4.74 Å². The third kappa shape index (κ3) is 3.68. The number of carbonyl (C=O) groups excluding carboxylic acids is 3. The lowest BCUT2D eigenvalue weighted by Gasteiger charge is -2.45. The monoisotopic (exact) mass is 445 g/mol. The van der Waals surface area contributed by atoms with Gasteiger partial charge in [-0.05, 0) is 41.5 Å². The standard InChI is InChI=1S/C28H31NO4/c1-2-3-17-33-22(30)15-5-4-10-16-29-27(31)25-23-18-11-6-7-12-19(18)24(26(25)28(29)32)21-14-9-8-13-20(21)23/h6-9,11-14,23-26H,2-5,10,15-17H2,1H3. The number of carbonyl (C=O) groups is 3. The predicted octanol–water partition coefficient (Wildman–Crippen LogP) is 4.78. The molecule has 172 valence electrons. The first-order chi connectivity index (χ1) is 16.1. The minimum Gasteiger partial charge on any atom is -0.466 e. The van der Waals surface area contributed by atoms with Gasteiger partial charge in [-0.2, -0.15) is 0 Å². The number of likely N-dealkylation sites (tertiary alicyclic amines) is 1. The first kappa shape index (κ1) is 21.9. The van der Waals surface area contributed by atoms with Crippen molar-refractivity contribution in [3.8, 4) is 0 Å². The van der Waals surface area contributed by atoms with E-state index in [1.54, 1.807) is 0 Å². The van der Waals surface area contributed by atoms with Gasteiger partial charge in [-0.15, -0.1) is 0 Å². The molecule has 2 aromatic carbocycles. The van der Waals surface area contributed by atoms with Crippen LogP contribution >= 0.6 is 0 Å². The second kappa shape index (κ2) is 9.12. The predicted molar refractivity (Wildman–Crippen MR) is 125 cm³/mol. The van der Waals surface area contributed by atoms with Gasteiger partial charge in [0, 0.05) is 24.8 Å². The summed E-state index contributed by atoms with van der Waals surface area (Å²) < 4.78 is 5.20. The van der Waals surface area contributed by atoms with Crippen molar-refractivity contribution < 1.29 is 19.1 Å². The average molecular weight is 446 g/mol. The summed E-state index contributed by atoms with van der Waals surface area (Å²) in [7, 11) is 0. The Balaban J connectivity index is 1.27. The smallest absolute Gasteiger partial charge is 0.305 e. The van der Waals surface area contributed by atoms with Crippen LogP contribution in [0.3, 0.4) is 0 Å². The Bertz CT molecular complexity index is 962. The van der Waals surface area contributed by atoms with Crippen LogP contribution in [0.5, 0.6) is 0 Å². The molecule has 3 aliphatic carbocycles. The van der Waals surface area contributed by atoms with Crippen LogP contribution in [0.15, 0.2) is 48.5 Å². The highest BCUT2D eigenvalue weighted by atomic mass is 16.5. The minimum atomic E-state index is -0.305. The molecule has 1 aliphatic heterocycles. The van der Waals surface area contributed by atoms with E-state index >= 15 is 0 Å². The fourth-order valence-electron chi connectivity index (χ4n) is 6.08. The minimum absolute atomic E-state index is 0.0250. The number of ether oxygens (including phenoxy) is 1. The maximum Gasteiger partial charge on any atom is 0.305 e. The molecule has 2 aromatic rings. The molecule has 0 N–H and O–H groups in total. The largest absolute Gasteiger partial charge is 0.466 e. The summed E-state index contributed by atoms with van der Waals surface area (Å²) in [5.74, 6) is -0.916. The summed E-state index contributed by atoms with van der Waals surface area (Å²) in [6, 6.07) is 16.6. The van der Waals surface area contributed by atoms with Crippen LogP contribution in [0.2, 0.25) is 0 Å². The molecule has 2 amide bonds. The molecule has 1 fully saturated rings.